The predicted octanol–water partition coefficient (Wildman–Crippen LogP) is 1.49. The molecule has 0 fully saturated rings. The highest BCUT2D eigenvalue weighted by molar-refractivity contribution is 5.84. The van der Waals surface area contributed by atoms with Crippen molar-refractivity contribution in [1.82, 2.24) is 14.8 Å². The van der Waals surface area contributed by atoms with Crippen molar-refractivity contribution >= 4 is 12.0 Å². The van der Waals surface area contributed by atoms with Crippen LogP contribution in [0.15, 0.2) is 36.7 Å². The van der Waals surface area contributed by atoms with Gasteiger partial charge in [0.1, 0.15) is 12.4 Å². The monoisotopic (exact) mass is 259 g/mol. The number of pyridine rings is 1. The molecule has 2 heterocycles. The normalized spacial score (nSPS) is 10.8. The molecule has 0 amide bonds. The van der Waals surface area contributed by atoms with E-state index in [4.69, 9.17) is 9.84 Å². The van der Waals surface area contributed by atoms with Crippen molar-refractivity contribution < 1.29 is 14.6 Å². The summed E-state index contributed by atoms with van der Waals surface area (Å²) in [5.74, 6) is -0.393. The predicted molar refractivity (Wildman–Crippen MR) is 68.4 cm³/mol. The summed E-state index contributed by atoms with van der Waals surface area (Å²) in [6, 6.07) is 5.29. The molecule has 6 nitrogen and oxygen atoms in total. The van der Waals surface area contributed by atoms with Crippen LogP contribution in [0.3, 0.4) is 0 Å². The molecule has 0 aromatic carbocycles. The summed E-state index contributed by atoms with van der Waals surface area (Å²) in [5.41, 5.74) is 1.39. The molecule has 0 aliphatic heterocycles. The van der Waals surface area contributed by atoms with Crippen LogP contribution in [0.2, 0.25) is 0 Å². The Bertz CT molecular complexity index is 587. The number of ether oxygens (including phenoxy) is 1. The third kappa shape index (κ3) is 3.95. The van der Waals surface area contributed by atoms with Crippen molar-refractivity contribution in [3.63, 3.8) is 0 Å². The molecule has 0 unspecified atom stereocenters. The van der Waals surface area contributed by atoms with Gasteiger partial charge in [0.2, 0.25) is 0 Å². The van der Waals surface area contributed by atoms with Crippen molar-refractivity contribution in [2.75, 3.05) is 0 Å². The summed E-state index contributed by atoms with van der Waals surface area (Å²) in [7, 11) is 1.84. The van der Waals surface area contributed by atoms with Crippen LogP contribution in [0.25, 0.3) is 6.08 Å². The van der Waals surface area contributed by atoms with E-state index in [1.165, 1.54) is 6.08 Å². The average molecular weight is 259 g/mol. The zero-order chi connectivity index (χ0) is 13.7. The van der Waals surface area contributed by atoms with Gasteiger partial charge in [-0.05, 0) is 24.3 Å². The molecule has 0 aliphatic carbocycles. The van der Waals surface area contributed by atoms with Gasteiger partial charge >= 0.3 is 5.97 Å². The number of nitrogens with zero attached hydrogens (tertiary/aromatic N) is 3. The van der Waals surface area contributed by atoms with Crippen LogP contribution in [0.4, 0.5) is 0 Å². The minimum Gasteiger partial charge on any atom is -0.486 e. The van der Waals surface area contributed by atoms with E-state index >= 15 is 0 Å². The molecule has 0 atom stereocenters. The maximum atomic E-state index is 10.4. The molecule has 6 heteroatoms. The highest BCUT2D eigenvalue weighted by Crippen LogP contribution is 2.11. The number of hydrogen-bond acceptors (Lipinski definition) is 4. The third-order valence-electron chi connectivity index (χ3n) is 2.31. The Kier molecular flexibility index (Phi) is 3.92. The van der Waals surface area contributed by atoms with Crippen molar-refractivity contribution in [2.24, 2.45) is 7.05 Å². The van der Waals surface area contributed by atoms with E-state index in [2.05, 4.69) is 10.1 Å². The van der Waals surface area contributed by atoms with E-state index < -0.39 is 5.97 Å². The molecular formula is C13H13N3O3. The van der Waals surface area contributed by atoms with Gasteiger partial charge in [-0.3, -0.25) is 9.67 Å². The number of carboxylic acid groups (broad SMARTS) is 1. The maximum Gasteiger partial charge on any atom is 0.328 e. The van der Waals surface area contributed by atoms with Crippen LogP contribution >= 0.6 is 0 Å². The fourth-order valence-electron chi connectivity index (χ4n) is 1.43. The van der Waals surface area contributed by atoms with Crippen molar-refractivity contribution in [1.29, 1.82) is 0 Å². The summed E-state index contributed by atoms with van der Waals surface area (Å²) >= 11 is 0. The van der Waals surface area contributed by atoms with Gasteiger partial charge in [-0.25, -0.2) is 4.79 Å². The molecule has 19 heavy (non-hydrogen) atoms. The van der Waals surface area contributed by atoms with E-state index in [0.29, 0.717) is 18.1 Å². The maximum absolute atomic E-state index is 10.4. The van der Waals surface area contributed by atoms with Gasteiger partial charge in [-0.1, -0.05) is 0 Å². The second-order valence-corrected chi connectivity index (χ2v) is 3.86. The first-order chi connectivity index (χ1) is 9.13. The summed E-state index contributed by atoms with van der Waals surface area (Å²) in [4.78, 5) is 14.4. The van der Waals surface area contributed by atoms with Crippen LogP contribution in [0.1, 0.15) is 11.4 Å². The largest absolute Gasteiger partial charge is 0.486 e. The molecule has 2 rings (SSSR count). The van der Waals surface area contributed by atoms with Gasteiger partial charge in [-0.2, -0.15) is 5.10 Å². The first-order valence-corrected chi connectivity index (χ1v) is 5.62. The van der Waals surface area contributed by atoms with E-state index in [0.717, 1.165) is 11.8 Å². The molecule has 0 bridgehead atoms. The zero-order valence-electron chi connectivity index (χ0n) is 10.4. The van der Waals surface area contributed by atoms with Gasteiger partial charge in [-0.15, -0.1) is 0 Å². The number of hydrogen-bond donors (Lipinski definition) is 1. The van der Waals surface area contributed by atoms with E-state index in [9.17, 15) is 4.79 Å². The van der Waals surface area contributed by atoms with Crippen LogP contribution in [-0.2, 0) is 18.4 Å². The fourth-order valence-corrected chi connectivity index (χ4v) is 1.43. The lowest BCUT2D eigenvalue weighted by molar-refractivity contribution is -0.131. The number of aromatic nitrogens is 3. The first-order valence-electron chi connectivity index (χ1n) is 5.62. The summed E-state index contributed by atoms with van der Waals surface area (Å²) < 4.78 is 7.21. The van der Waals surface area contributed by atoms with Gasteiger partial charge in [0, 0.05) is 19.3 Å². The Morgan fingerprint density at radius 2 is 2.32 bits per heavy atom. The number of aliphatic carboxylic acids is 1. The zero-order valence-corrected chi connectivity index (χ0v) is 10.4. The van der Waals surface area contributed by atoms with Gasteiger partial charge in [0.25, 0.3) is 0 Å². The summed E-state index contributed by atoms with van der Waals surface area (Å²) in [6.45, 7) is 0.368. The van der Waals surface area contributed by atoms with E-state index in [-0.39, 0.29) is 0 Å². The molecule has 0 aliphatic rings. The Balaban J connectivity index is 1.93. The van der Waals surface area contributed by atoms with Crippen LogP contribution in [0.5, 0.6) is 5.75 Å². The SMILES string of the molecule is Cn1ccc(COc2ccc(/C=C/C(=O)O)nc2)n1. The Hall–Kier alpha value is -2.63. The van der Waals surface area contributed by atoms with Gasteiger partial charge < -0.3 is 9.84 Å². The molecule has 1 N–H and O–H groups in total. The minimum atomic E-state index is -1.00. The Morgan fingerprint density at radius 3 is 2.89 bits per heavy atom. The highest BCUT2D eigenvalue weighted by Gasteiger charge is 1.99. The third-order valence-corrected chi connectivity index (χ3v) is 2.31. The smallest absolute Gasteiger partial charge is 0.328 e. The first kappa shape index (κ1) is 12.8. The van der Waals surface area contributed by atoms with Crippen LogP contribution in [-0.4, -0.2) is 25.8 Å². The molecule has 0 radical (unpaired) electrons. The number of aryl methyl sites for hydroxylation is 1. The quantitative estimate of drug-likeness (QED) is 0.823. The average Bonchev–Trinajstić information content (AvgIpc) is 2.81. The van der Waals surface area contributed by atoms with Crippen molar-refractivity contribution in [2.45, 2.75) is 6.61 Å². The summed E-state index contributed by atoms with van der Waals surface area (Å²) in [6.07, 6.45) is 5.85. The fraction of sp³-hybridized carbons (Fsp3) is 0.154. The van der Waals surface area contributed by atoms with Crippen LogP contribution < -0.4 is 4.74 Å². The van der Waals surface area contributed by atoms with Crippen LogP contribution in [0, 0.1) is 0 Å². The second kappa shape index (κ2) is 5.81. The molecule has 98 valence electrons. The second-order valence-electron chi connectivity index (χ2n) is 3.86. The number of carbonyl (C=O) groups is 1. The number of rotatable bonds is 5. The topological polar surface area (TPSA) is 77.2 Å². The lowest BCUT2D eigenvalue weighted by Gasteiger charge is -2.03. The molecular weight excluding hydrogens is 246 g/mol. The van der Waals surface area contributed by atoms with Gasteiger partial charge in [0.05, 0.1) is 17.6 Å². The molecule has 0 spiro atoms. The molecule has 2 aromatic rings. The molecule has 0 saturated heterocycles. The summed E-state index contributed by atoms with van der Waals surface area (Å²) in [5, 5.41) is 12.7. The van der Waals surface area contributed by atoms with E-state index in [1.54, 1.807) is 23.0 Å². The Labute approximate surface area is 110 Å². The van der Waals surface area contributed by atoms with Gasteiger partial charge in [0.15, 0.2) is 0 Å². The molecule has 0 saturated carbocycles. The number of carboxylic acids is 1. The van der Waals surface area contributed by atoms with E-state index in [1.807, 2.05) is 19.3 Å². The van der Waals surface area contributed by atoms with Crippen molar-refractivity contribution in [3.8, 4) is 5.75 Å². The lowest BCUT2D eigenvalue weighted by Crippen LogP contribution is -1.98. The molecule has 2 aromatic heterocycles. The minimum absolute atomic E-state index is 0.368. The lowest BCUT2D eigenvalue weighted by atomic mass is 10.3. The Morgan fingerprint density at radius 1 is 1.47 bits per heavy atom. The standard InChI is InChI=1S/C13H13N3O3/c1-16-7-6-11(15-16)9-19-12-4-2-10(14-8-12)3-5-13(17)18/h2-8H,9H2,1H3,(H,17,18)/b5-3+. The van der Waals surface area contributed by atoms with Crippen molar-refractivity contribution in [3.05, 3.63) is 48.1 Å². The highest BCUT2D eigenvalue weighted by atomic mass is 16.5.